The zero-order chi connectivity index (χ0) is 12.4. The number of nitrogen functional groups attached to an aromatic ring is 1. The van der Waals surface area contributed by atoms with Gasteiger partial charge in [0.05, 0.1) is 0 Å². The van der Waals surface area contributed by atoms with Crippen LogP contribution in [0.1, 0.15) is 20.8 Å². The largest absolute Gasteiger partial charge is 0.398 e. The van der Waals surface area contributed by atoms with Gasteiger partial charge in [0.15, 0.2) is 5.78 Å². The average molecular weight is 310 g/mol. The molecule has 0 fully saturated rings. The maximum absolute atomic E-state index is 12.1. The lowest BCUT2D eigenvalue weighted by Crippen LogP contribution is -2.06. The third-order valence-corrected chi connectivity index (χ3v) is 4.16. The van der Waals surface area contributed by atoms with E-state index in [1.165, 1.54) is 0 Å². The number of anilines is 1. The zero-order valence-electron chi connectivity index (χ0n) is 9.37. The second-order valence-corrected chi connectivity index (χ2v) is 5.83. The first-order valence-electron chi connectivity index (χ1n) is 5.18. The van der Waals surface area contributed by atoms with Crippen LogP contribution in [0.25, 0.3) is 0 Å². The van der Waals surface area contributed by atoms with E-state index in [1.807, 2.05) is 30.5 Å². The minimum atomic E-state index is 0.0700. The highest BCUT2D eigenvalue weighted by atomic mass is 79.9. The van der Waals surface area contributed by atoms with Crippen molar-refractivity contribution in [2.45, 2.75) is 13.3 Å². The quantitative estimate of drug-likeness (QED) is 0.691. The van der Waals surface area contributed by atoms with Crippen LogP contribution in [0.2, 0.25) is 0 Å². The summed E-state index contributed by atoms with van der Waals surface area (Å²) in [6, 6.07) is 7.51. The molecule has 1 aromatic carbocycles. The summed E-state index contributed by atoms with van der Waals surface area (Å²) in [5.41, 5.74) is 8.05. The van der Waals surface area contributed by atoms with Crippen LogP contribution in [0, 0.1) is 6.92 Å². The number of carbonyl (C=O) groups is 1. The Hall–Kier alpha value is -1.13. The van der Waals surface area contributed by atoms with E-state index in [0.29, 0.717) is 17.7 Å². The first kappa shape index (κ1) is 12.3. The van der Waals surface area contributed by atoms with Crippen molar-refractivity contribution in [1.29, 1.82) is 0 Å². The number of hydrogen-bond acceptors (Lipinski definition) is 3. The monoisotopic (exact) mass is 309 g/mol. The fourth-order valence-corrected chi connectivity index (χ4v) is 3.06. The van der Waals surface area contributed by atoms with Gasteiger partial charge in [0.2, 0.25) is 0 Å². The molecule has 1 aromatic heterocycles. The van der Waals surface area contributed by atoms with Crippen molar-refractivity contribution in [1.82, 2.24) is 0 Å². The lowest BCUT2D eigenvalue weighted by Gasteiger charge is -2.05. The standard InChI is InChI=1S/C13H12BrNOS/c1-8-2-3-12(15)11(4-8)13(16)6-10-5-9(14)7-17-10/h2-5,7H,6,15H2,1H3. The van der Waals surface area contributed by atoms with Crippen molar-refractivity contribution in [3.8, 4) is 0 Å². The summed E-state index contributed by atoms with van der Waals surface area (Å²) in [5, 5.41) is 1.97. The SMILES string of the molecule is Cc1ccc(N)c(C(=O)Cc2cc(Br)cs2)c1. The average Bonchev–Trinajstić information content (AvgIpc) is 2.67. The second-order valence-electron chi connectivity index (χ2n) is 3.92. The van der Waals surface area contributed by atoms with Gasteiger partial charge in [-0.1, -0.05) is 11.6 Å². The summed E-state index contributed by atoms with van der Waals surface area (Å²) in [6.07, 6.45) is 0.407. The molecule has 4 heteroatoms. The highest BCUT2D eigenvalue weighted by molar-refractivity contribution is 9.10. The number of halogens is 1. The molecule has 0 bridgehead atoms. The van der Waals surface area contributed by atoms with E-state index in [9.17, 15) is 4.79 Å². The molecule has 2 rings (SSSR count). The fraction of sp³-hybridized carbons (Fsp3) is 0.154. The van der Waals surface area contributed by atoms with E-state index < -0.39 is 0 Å². The van der Waals surface area contributed by atoms with Gasteiger partial charge in [0, 0.05) is 32.4 Å². The molecular formula is C13H12BrNOS. The first-order chi connectivity index (χ1) is 8.06. The summed E-state index contributed by atoms with van der Waals surface area (Å²) in [5.74, 6) is 0.0700. The van der Waals surface area contributed by atoms with Gasteiger partial charge in [-0.25, -0.2) is 0 Å². The number of carbonyl (C=O) groups excluding carboxylic acids is 1. The Labute approximate surface area is 113 Å². The minimum absolute atomic E-state index is 0.0700. The van der Waals surface area contributed by atoms with Crippen LogP contribution >= 0.6 is 27.3 Å². The van der Waals surface area contributed by atoms with Crippen molar-refractivity contribution in [2.24, 2.45) is 0 Å². The van der Waals surface area contributed by atoms with Gasteiger partial charge in [-0.15, -0.1) is 11.3 Å². The maximum atomic E-state index is 12.1. The normalized spacial score (nSPS) is 10.5. The molecule has 0 aliphatic rings. The van der Waals surface area contributed by atoms with E-state index in [2.05, 4.69) is 15.9 Å². The van der Waals surface area contributed by atoms with Gasteiger partial charge in [-0.2, -0.15) is 0 Å². The Morgan fingerprint density at radius 2 is 2.18 bits per heavy atom. The van der Waals surface area contributed by atoms with Gasteiger partial charge >= 0.3 is 0 Å². The van der Waals surface area contributed by atoms with Crippen LogP contribution < -0.4 is 5.73 Å². The third-order valence-electron chi connectivity index (χ3n) is 2.47. The Morgan fingerprint density at radius 3 is 2.82 bits per heavy atom. The van der Waals surface area contributed by atoms with E-state index in [4.69, 9.17) is 5.73 Å². The molecular weight excluding hydrogens is 298 g/mol. The first-order valence-corrected chi connectivity index (χ1v) is 6.86. The van der Waals surface area contributed by atoms with Gasteiger partial charge in [0.25, 0.3) is 0 Å². The van der Waals surface area contributed by atoms with Crippen molar-refractivity contribution in [3.05, 3.63) is 50.1 Å². The summed E-state index contributed by atoms with van der Waals surface area (Å²) in [6.45, 7) is 1.96. The van der Waals surface area contributed by atoms with E-state index in [-0.39, 0.29) is 5.78 Å². The number of thiophene rings is 1. The van der Waals surface area contributed by atoms with Gasteiger partial charge in [-0.05, 0) is 41.1 Å². The predicted molar refractivity (Wildman–Crippen MR) is 75.6 cm³/mol. The molecule has 0 unspecified atom stereocenters. The molecule has 2 nitrogen and oxygen atoms in total. The molecule has 2 N–H and O–H groups in total. The predicted octanol–water partition coefficient (Wildman–Crippen LogP) is 3.83. The van der Waals surface area contributed by atoms with Crippen molar-refractivity contribution < 1.29 is 4.79 Å². The summed E-state index contributed by atoms with van der Waals surface area (Å²) in [4.78, 5) is 13.2. The maximum Gasteiger partial charge on any atom is 0.170 e. The fourth-order valence-electron chi connectivity index (χ4n) is 1.61. The molecule has 88 valence electrons. The molecule has 0 amide bonds. The molecule has 0 atom stereocenters. The number of ketones is 1. The number of aryl methyl sites for hydroxylation is 1. The summed E-state index contributed by atoms with van der Waals surface area (Å²) < 4.78 is 1.02. The van der Waals surface area contributed by atoms with Crippen molar-refractivity contribution in [3.63, 3.8) is 0 Å². The molecule has 2 aromatic rings. The van der Waals surface area contributed by atoms with Gasteiger partial charge in [0.1, 0.15) is 0 Å². The Bertz CT molecular complexity index is 562. The molecule has 17 heavy (non-hydrogen) atoms. The molecule has 0 saturated carbocycles. The number of benzene rings is 1. The van der Waals surface area contributed by atoms with Crippen LogP contribution in [-0.2, 0) is 6.42 Å². The molecule has 0 radical (unpaired) electrons. The highest BCUT2D eigenvalue weighted by Gasteiger charge is 2.11. The summed E-state index contributed by atoms with van der Waals surface area (Å²) in [7, 11) is 0. The van der Waals surface area contributed by atoms with Gasteiger partial charge in [-0.3, -0.25) is 4.79 Å². The van der Waals surface area contributed by atoms with Gasteiger partial charge < -0.3 is 5.73 Å². The van der Waals surface area contributed by atoms with Crippen LogP contribution in [0.4, 0.5) is 5.69 Å². The van der Waals surface area contributed by atoms with Crippen molar-refractivity contribution in [2.75, 3.05) is 5.73 Å². The highest BCUT2D eigenvalue weighted by Crippen LogP contribution is 2.23. The molecule has 0 aliphatic carbocycles. The summed E-state index contributed by atoms with van der Waals surface area (Å²) >= 11 is 4.95. The molecule has 0 aliphatic heterocycles. The zero-order valence-corrected chi connectivity index (χ0v) is 11.8. The molecule has 1 heterocycles. The lowest BCUT2D eigenvalue weighted by molar-refractivity contribution is 0.0994. The third kappa shape index (κ3) is 2.96. The number of hydrogen-bond donors (Lipinski definition) is 1. The topological polar surface area (TPSA) is 43.1 Å². The van der Waals surface area contributed by atoms with Crippen molar-refractivity contribution >= 4 is 38.7 Å². The van der Waals surface area contributed by atoms with Crippen LogP contribution in [0.15, 0.2) is 34.1 Å². The second kappa shape index (κ2) is 5.02. The Morgan fingerprint density at radius 1 is 1.41 bits per heavy atom. The Kier molecular flexibility index (Phi) is 3.64. The van der Waals surface area contributed by atoms with E-state index in [1.54, 1.807) is 17.4 Å². The molecule has 0 spiro atoms. The number of Topliss-reactive ketones (excluding diaryl/α,β-unsaturated/α-hetero) is 1. The number of nitrogens with two attached hydrogens (primary N) is 1. The number of rotatable bonds is 3. The van der Waals surface area contributed by atoms with Crippen LogP contribution in [-0.4, -0.2) is 5.78 Å². The lowest BCUT2D eigenvalue weighted by atomic mass is 10.0. The smallest absolute Gasteiger partial charge is 0.170 e. The van der Waals surface area contributed by atoms with E-state index in [0.717, 1.165) is 14.9 Å². The molecule has 0 saturated heterocycles. The van der Waals surface area contributed by atoms with Crippen LogP contribution in [0.5, 0.6) is 0 Å². The van der Waals surface area contributed by atoms with Crippen LogP contribution in [0.3, 0.4) is 0 Å². The minimum Gasteiger partial charge on any atom is -0.398 e. The Balaban J connectivity index is 2.22. The van der Waals surface area contributed by atoms with E-state index >= 15 is 0 Å².